The Hall–Kier alpha value is -1.95. The molecule has 0 aliphatic rings. The van der Waals surface area contributed by atoms with Crippen molar-refractivity contribution in [1.29, 1.82) is 0 Å². The minimum atomic E-state index is -1.08. The number of anilines is 1. The van der Waals surface area contributed by atoms with E-state index in [9.17, 15) is 5.11 Å². The molecular formula is C18H18Cl2N4O. The first-order chi connectivity index (χ1) is 11.8. The fourth-order valence-electron chi connectivity index (χ4n) is 2.49. The van der Waals surface area contributed by atoms with Gasteiger partial charge in [0.15, 0.2) is 5.82 Å². The third kappa shape index (κ3) is 3.84. The number of halogens is 2. The summed E-state index contributed by atoms with van der Waals surface area (Å²) in [4.78, 5) is 12.9. The van der Waals surface area contributed by atoms with Crippen LogP contribution in [0.5, 0.6) is 0 Å². The number of nitrogens with one attached hydrogen (secondary N) is 1. The Balaban J connectivity index is 2.08. The molecule has 0 saturated heterocycles. The quantitative estimate of drug-likeness (QED) is 0.515. The van der Waals surface area contributed by atoms with E-state index in [1.807, 2.05) is 25.1 Å². The van der Waals surface area contributed by atoms with Gasteiger partial charge in [-0.1, -0.05) is 29.3 Å². The number of hydrogen-bond acceptors (Lipinski definition) is 5. The Labute approximate surface area is 156 Å². The highest BCUT2D eigenvalue weighted by atomic mass is 35.5. The van der Waals surface area contributed by atoms with Crippen LogP contribution in [0.2, 0.25) is 5.02 Å². The Kier molecular flexibility index (Phi) is 4.82. The van der Waals surface area contributed by atoms with Crippen molar-refractivity contribution < 1.29 is 5.11 Å². The summed E-state index contributed by atoms with van der Waals surface area (Å²) in [5, 5.41) is 14.5. The van der Waals surface area contributed by atoms with Gasteiger partial charge in [0.1, 0.15) is 5.60 Å². The lowest BCUT2D eigenvalue weighted by molar-refractivity contribution is 0.0687. The molecule has 0 amide bonds. The zero-order chi connectivity index (χ0) is 18.2. The second-order valence-electron chi connectivity index (χ2n) is 6.33. The predicted octanol–water partition coefficient (Wildman–Crippen LogP) is 4.57. The van der Waals surface area contributed by atoms with Gasteiger partial charge in [-0.05, 0) is 38.5 Å². The van der Waals surface area contributed by atoms with Crippen LogP contribution in [-0.4, -0.2) is 25.6 Å². The molecule has 1 atom stereocenters. The van der Waals surface area contributed by atoms with Gasteiger partial charge in [0.25, 0.3) is 0 Å². The Morgan fingerprint density at radius 2 is 1.76 bits per heavy atom. The zero-order valence-corrected chi connectivity index (χ0v) is 15.6. The molecule has 0 spiro atoms. The van der Waals surface area contributed by atoms with E-state index in [-0.39, 0.29) is 5.50 Å². The van der Waals surface area contributed by atoms with E-state index < -0.39 is 5.60 Å². The van der Waals surface area contributed by atoms with Crippen molar-refractivity contribution in [3.8, 4) is 11.1 Å². The summed E-state index contributed by atoms with van der Waals surface area (Å²) in [5.74, 6) is 0.375. The summed E-state index contributed by atoms with van der Waals surface area (Å²) in [7, 11) is 0. The first-order valence-corrected chi connectivity index (χ1v) is 8.61. The van der Waals surface area contributed by atoms with Crippen molar-refractivity contribution in [2.24, 2.45) is 0 Å². The molecule has 3 aromatic rings. The topological polar surface area (TPSA) is 70.9 Å². The lowest BCUT2D eigenvalue weighted by atomic mass is 10.0. The molecule has 2 heterocycles. The first kappa shape index (κ1) is 17.9. The highest BCUT2D eigenvalue weighted by Gasteiger charge is 2.19. The number of pyridine rings is 1. The smallest absolute Gasteiger partial charge is 0.159 e. The van der Waals surface area contributed by atoms with Crippen molar-refractivity contribution in [1.82, 2.24) is 15.0 Å². The van der Waals surface area contributed by atoms with Gasteiger partial charge in [-0.3, -0.25) is 4.98 Å². The normalized spacial score (nSPS) is 13.0. The van der Waals surface area contributed by atoms with Crippen molar-refractivity contribution >= 4 is 39.8 Å². The molecule has 0 saturated carbocycles. The molecule has 0 aliphatic heterocycles. The van der Waals surface area contributed by atoms with Gasteiger partial charge in [-0.2, -0.15) is 0 Å². The summed E-state index contributed by atoms with van der Waals surface area (Å²) >= 11 is 12.3. The maximum absolute atomic E-state index is 9.97. The van der Waals surface area contributed by atoms with E-state index in [4.69, 9.17) is 23.2 Å². The molecule has 3 rings (SSSR count). The predicted molar refractivity (Wildman–Crippen MR) is 102 cm³/mol. The number of fused-ring (bicyclic) bond motifs is 1. The van der Waals surface area contributed by atoms with Crippen molar-refractivity contribution in [3.05, 3.63) is 47.6 Å². The largest absolute Gasteiger partial charge is 0.382 e. The molecule has 5 nitrogen and oxygen atoms in total. The molecule has 0 unspecified atom stereocenters. The van der Waals surface area contributed by atoms with Gasteiger partial charge >= 0.3 is 0 Å². The minimum Gasteiger partial charge on any atom is -0.382 e. The minimum absolute atomic E-state index is 0.277. The van der Waals surface area contributed by atoms with Gasteiger partial charge in [0.05, 0.1) is 21.7 Å². The molecule has 0 aliphatic carbocycles. The van der Waals surface area contributed by atoms with Crippen LogP contribution in [0.1, 0.15) is 26.6 Å². The first-order valence-electron chi connectivity index (χ1n) is 7.80. The summed E-state index contributed by atoms with van der Waals surface area (Å²) in [5.41, 5.74) is 1.95. The van der Waals surface area contributed by atoms with Gasteiger partial charge in [-0.15, -0.1) is 0 Å². The average molecular weight is 377 g/mol. The van der Waals surface area contributed by atoms with Crippen LogP contribution < -0.4 is 5.32 Å². The van der Waals surface area contributed by atoms with Gasteiger partial charge in [0.2, 0.25) is 0 Å². The van der Waals surface area contributed by atoms with Gasteiger partial charge in [0, 0.05) is 29.5 Å². The van der Waals surface area contributed by atoms with E-state index in [1.165, 1.54) is 0 Å². The maximum Gasteiger partial charge on any atom is 0.159 e. The standard InChI is InChI=1S/C18H18Cl2N4O/c1-10(19)24-16-13-6-11(4-5-15(13)21-9-14(16)20)12-7-22-17(23-8-12)18(2,3)25/h4-10,25H,1-3H3,(H,21,24)/t10-/m0/s1. The van der Waals surface area contributed by atoms with Crippen LogP contribution in [-0.2, 0) is 5.60 Å². The van der Waals surface area contributed by atoms with E-state index in [0.29, 0.717) is 10.8 Å². The number of benzene rings is 1. The summed E-state index contributed by atoms with van der Waals surface area (Å²) in [6.07, 6.45) is 4.99. The van der Waals surface area contributed by atoms with Crippen LogP contribution in [0.3, 0.4) is 0 Å². The fourth-order valence-corrected chi connectivity index (χ4v) is 2.80. The zero-order valence-electron chi connectivity index (χ0n) is 14.1. The third-order valence-electron chi connectivity index (χ3n) is 3.70. The molecule has 1 aromatic carbocycles. The second kappa shape index (κ2) is 6.75. The van der Waals surface area contributed by atoms with Crippen LogP contribution in [0.15, 0.2) is 36.8 Å². The highest BCUT2D eigenvalue weighted by molar-refractivity contribution is 6.35. The molecule has 0 fully saturated rings. The lowest BCUT2D eigenvalue weighted by Gasteiger charge is -2.16. The monoisotopic (exact) mass is 376 g/mol. The molecule has 25 heavy (non-hydrogen) atoms. The maximum atomic E-state index is 9.97. The molecule has 2 aromatic heterocycles. The third-order valence-corrected chi connectivity index (χ3v) is 4.09. The number of aliphatic hydroxyl groups is 1. The molecule has 0 bridgehead atoms. The molecular weight excluding hydrogens is 359 g/mol. The SMILES string of the molecule is C[C@@H](Cl)Nc1c(Cl)cnc2ccc(-c3cnc(C(C)(C)O)nc3)cc12. The van der Waals surface area contributed by atoms with Gasteiger partial charge < -0.3 is 10.4 Å². The van der Waals surface area contributed by atoms with Crippen molar-refractivity contribution in [2.45, 2.75) is 31.9 Å². The number of hydrogen-bond donors (Lipinski definition) is 2. The highest BCUT2D eigenvalue weighted by Crippen LogP contribution is 2.33. The lowest BCUT2D eigenvalue weighted by Crippen LogP contribution is -2.19. The van der Waals surface area contributed by atoms with E-state index in [1.54, 1.807) is 32.4 Å². The summed E-state index contributed by atoms with van der Waals surface area (Å²) in [6.45, 7) is 5.13. The molecule has 0 radical (unpaired) electrons. The van der Waals surface area contributed by atoms with E-state index in [0.717, 1.165) is 27.7 Å². The van der Waals surface area contributed by atoms with Crippen LogP contribution in [0.25, 0.3) is 22.0 Å². The van der Waals surface area contributed by atoms with E-state index >= 15 is 0 Å². The second-order valence-corrected chi connectivity index (χ2v) is 7.39. The molecule has 2 N–H and O–H groups in total. The van der Waals surface area contributed by atoms with Crippen LogP contribution >= 0.6 is 23.2 Å². The average Bonchev–Trinajstić information content (AvgIpc) is 2.56. The Morgan fingerprint density at radius 1 is 1.08 bits per heavy atom. The summed E-state index contributed by atoms with van der Waals surface area (Å²) in [6, 6.07) is 5.83. The fraction of sp³-hybridized carbons (Fsp3) is 0.278. The number of nitrogens with zero attached hydrogens (tertiary/aromatic N) is 3. The summed E-state index contributed by atoms with van der Waals surface area (Å²) < 4.78 is 0. The number of aromatic nitrogens is 3. The Bertz CT molecular complexity index is 905. The molecule has 7 heteroatoms. The Morgan fingerprint density at radius 3 is 2.36 bits per heavy atom. The van der Waals surface area contributed by atoms with Crippen molar-refractivity contribution in [3.63, 3.8) is 0 Å². The van der Waals surface area contributed by atoms with Gasteiger partial charge in [-0.25, -0.2) is 9.97 Å². The molecule has 130 valence electrons. The van der Waals surface area contributed by atoms with Crippen LogP contribution in [0, 0.1) is 0 Å². The van der Waals surface area contributed by atoms with Crippen LogP contribution in [0.4, 0.5) is 5.69 Å². The van der Waals surface area contributed by atoms with E-state index in [2.05, 4.69) is 20.3 Å². The number of rotatable bonds is 4. The van der Waals surface area contributed by atoms with Crippen molar-refractivity contribution in [2.75, 3.05) is 5.32 Å². The number of alkyl halides is 1.